The maximum atomic E-state index is 14.9. The van der Waals surface area contributed by atoms with E-state index in [0.717, 1.165) is 12.1 Å². The van der Waals surface area contributed by atoms with Crippen molar-refractivity contribution in [3.63, 3.8) is 0 Å². The van der Waals surface area contributed by atoms with Crippen molar-refractivity contribution in [1.82, 2.24) is 19.9 Å². The highest BCUT2D eigenvalue weighted by Crippen LogP contribution is 2.35. The van der Waals surface area contributed by atoms with Crippen LogP contribution in [0.2, 0.25) is 0 Å². The molecule has 1 aliphatic rings. The van der Waals surface area contributed by atoms with Gasteiger partial charge in [0.25, 0.3) is 11.5 Å². The molecule has 1 aromatic carbocycles. The van der Waals surface area contributed by atoms with Crippen LogP contribution in [0.5, 0.6) is 0 Å². The van der Waals surface area contributed by atoms with Gasteiger partial charge in [-0.1, -0.05) is 0 Å². The molecule has 0 aliphatic carbocycles. The fourth-order valence-corrected chi connectivity index (χ4v) is 4.11. The number of nitrogens with zero attached hydrogens (tertiary/aromatic N) is 3. The summed E-state index contributed by atoms with van der Waals surface area (Å²) in [6.07, 6.45) is -4.22. The van der Waals surface area contributed by atoms with Crippen molar-refractivity contribution >= 4 is 22.6 Å². The Morgan fingerprint density at radius 2 is 2.03 bits per heavy atom. The number of anilines is 1. The second-order valence-corrected chi connectivity index (χ2v) is 8.40. The number of benzene rings is 1. The normalized spacial score (nSPS) is 17.1. The SMILES string of the molecule is CO[C@@H]1CCN(C(=O)c2ccc(N[C@@H](C)c3cc4c(=O)[nH]c(C)nc4nc3C(F)(F)F)c(F)c2)C1. The number of methoxy groups -OCH3 is 1. The van der Waals surface area contributed by atoms with Crippen molar-refractivity contribution in [2.45, 2.75) is 38.6 Å². The van der Waals surface area contributed by atoms with Gasteiger partial charge in [-0.05, 0) is 44.5 Å². The van der Waals surface area contributed by atoms with E-state index in [2.05, 4.69) is 20.3 Å². The molecule has 35 heavy (non-hydrogen) atoms. The summed E-state index contributed by atoms with van der Waals surface area (Å²) < 4.78 is 61.4. The summed E-state index contributed by atoms with van der Waals surface area (Å²) in [4.78, 5) is 36.4. The van der Waals surface area contributed by atoms with Gasteiger partial charge in [-0.2, -0.15) is 13.2 Å². The van der Waals surface area contributed by atoms with Crippen LogP contribution in [0.4, 0.5) is 23.2 Å². The highest BCUT2D eigenvalue weighted by molar-refractivity contribution is 5.94. The molecule has 1 saturated heterocycles. The maximum Gasteiger partial charge on any atom is 0.433 e. The third-order valence-electron chi connectivity index (χ3n) is 5.93. The van der Waals surface area contributed by atoms with E-state index in [1.54, 1.807) is 12.0 Å². The molecule has 1 fully saturated rings. The first-order valence-corrected chi connectivity index (χ1v) is 10.8. The monoisotopic (exact) mass is 493 g/mol. The maximum absolute atomic E-state index is 14.9. The summed E-state index contributed by atoms with van der Waals surface area (Å²) in [5.41, 5.74) is -2.52. The summed E-state index contributed by atoms with van der Waals surface area (Å²) in [7, 11) is 1.56. The third kappa shape index (κ3) is 4.97. The van der Waals surface area contributed by atoms with E-state index in [1.807, 2.05) is 0 Å². The predicted octanol–water partition coefficient (Wildman–Crippen LogP) is 3.82. The summed E-state index contributed by atoms with van der Waals surface area (Å²) in [6.45, 7) is 3.71. The van der Waals surface area contributed by atoms with Crippen LogP contribution in [0.3, 0.4) is 0 Å². The molecule has 0 saturated carbocycles. The summed E-state index contributed by atoms with van der Waals surface area (Å²) >= 11 is 0. The minimum atomic E-state index is -4.83. The molecule has 12 heteroatoms. The van der Waals surface area contributed by atoms with Crippen LogP contribution in [0, 0.1) is 12.7 Å². The fourth-order valence-electron chi connectivity index (χ4n) is 4.11. The number of hydrogen-bond acceptors (Lipinski definition) is 6. The Kier molecular flexibility index (Phi) is 6.50. The lowest BCUT2D eigenvalue weighted by molar-refractivity contribution is -0.141. The van der Waals surface area contributed by atoms with Gasteiger partial charge in [-0.3, -0.25) is 9.59 Å². The largest absolute Gasteiger partial charge is 0.433 e. The van der Waals surface area contributed by atoms with Crippen molar-refractivity contribution in [1.29, 1.82) is 0 Å². The fraction of sp³-hybridized carbons (Fsp3) is 0.391. The Bertz CT molecular complexity index is 1340. The number of halogens is 4. The number of aromatic nitrogens is 3. The Labute approximate surface area is 197 Å². The van der Waals surface area contributed by atoms with Gasteiger partial charge in [0.05, 0.1) is 23.2 Å². The summed E-state index contributed by atoms with van der Waals surface area (Å²) in [5, 5.41) is 2.58. The highest BCUT2D eigenvalue weighted by atomic mass is 19.4. The number of ether oxygens (including phenoxy) is 1. The number of fused-ring (bicyclic) bond motifs is 1. The minimum Gasteiger partial charge on any atom is -0.380 e. The number of aryl methyl sites for hydroxylation is 1. The number of carbonyl (C=O) groups is 1. The van der Waals surface area contributed by atoms with Crippen LogP contribution in [0.15, 0.2) is 29.1 Å². The Hall–Kier alpha value is -3.54. The molecule has 3 heterocycles. The molecular weight excluding hydrogens is 470 g/mol. The van der Waals surface area contributed by atoms with Crippen LogP contribution in [0.1, 0.15) is 46.8 Å². The van der Waals surface area contributed by atoms with E-state index in [0.29, 0.717) is 19.5 Å². The van der Waals surface area contributed by atoms with Crippen LogP contribution >= 0.6 is 0 Å². The first-order chi connectivity index (χ1) is 16.5. The number of amides is 1. The molecule has 4 rings (SSSR count). The number of hydrogen-bond donors (Lipinski definition) is 2. The van der Waals surface area contributed by atoms with Gasteiger partial charge < -0.3 is 19.9 Å². The number of likely N-dealkylation sites (tertiary alicyclic amines) is 1. The van der Waals surface area contributed by atoms with Gasteiger partial charge in [0.15, 0.2) is 11.3 Å². The van der Waals surface area contributed by atoms with Crippen molar-refractivity contribution in [2.24, 2.45) is 0 Å². The molecule has 186 valence electrons. The second kappa shape index (κ2) is 9.25. The Morgan fingerprint density at radius 3 is 2.66 bits per heavy atom. The van der Waals surface area contributed by atoms with E-state index < -0.39 is 29.3 Å². The molecule has 0 unspecified atom stereocenters. The van der Waals surface area contributed by atoms with Crippen LogP contribution in [-0.2, 0) is 10.9 Å². The van der Waals surface area contributed by atoms with Gasteiger partial charge in [0, 0.05) is 31.3 Å². The van der Waals surface area contributed by atoms with Gasteiger partial charge in [0.1, 0.15) is 11.6 Å². The number of nitrogens with one attached hydrogen (secondary N) is 2. The Balaban J connectivity index is 1.63. The number of aromatic amines is 1. The lowest BCUT2D eigenvalue weighted by atomic mass is 10.0. The lowest BCUT2D eigenvalue weighted by Gasteiger charge is -2.21. The second-order valence-electron chi connectivity index (χ2n) is 8.40. The summed E-state index contributed by atoms with van der Waals surface area (Å²) in [6, 6.07) is 3.71. The van der Waals surface area contributed by atoms with Crippen LogP contribution < -0.4 is 10.9 Å². The topological polar surface area (TPSA) is 100 Å². The number of carbonyl (C=O) groups excluding carboxylic acids is 1. The highest BCUT2D eigenvalue weighted by Gasteiger charge is 2.37. The van der Waals surface area contributed by atoms with Gasteiger partial charge in [-0.25, -0.2) is 14.4 Å². The average Bonchev–Trinajstić information content (AvgIpc) is 3.27. The molecule has 2 N–H and O–H groups in total. The molecule has 0 bridgehead atoms. The molecule has 2 aromatic heterocycles. The molecule has 8 nitrogen and oxygen atoms in total. The standard InChI is InChI=1S/C23H23F4N5O3/c1-11(15-9-16-20(29-12(2)30-21(16)33)31-19(15)23(25,26)27)28-18-5-4-13(8-17(18)24)22(34)32-7-6-14(10-32)35-3/h4-5,8-9,11,14,28H,6-7,10H2,1-3H3,(H,29,30,31,33)/t11-,14+/m0/s1. The molecule has 1 aliphatic heterocycles. The molecular formula is C23H23F4N5O3. The quantitative estimate of drug-likeness (QED) is 0.525. The van der Waals surface area contributed by atoms with Crippen molar-refractivity contribution < 1.29 is 27.1 Å². The number of alkyl halides is 3. The van der Waals surface area contributed by atoms with Crippen molar-refractivity contribution in [2.75, 3.05) is 25.5 Å². The molecule has 1 amide bonds. The van der Waals surface area contributed by atoms with Crippen LogP contribution in [-0.4, -0.2) is 52.1 Å². The zero-order chi connectivity index (χ0) is 25.5. The van der Waals surface area contributed by atoms with Gasteiger partial charge in [0.2, 0.25) is 0 Å². The third-order valence-corrected chi connectivity index (χ3v) is 5.93. The smallest absolute Gasteiger partial charge is 0.380 e. The molecule has 3 aromatic rings. The number of pyridine rings is 1. The van der Waals surface area contributed by atoms with Crippen molar-refractivity contribution in [3.8, 4) is 0 Å². The molecule has 2 atom stereocenters. The molecule has 0 radical (unpaired) electrons. The zero-order valence-electron chi connectivity index (χ0n) is 19.2. The van der Waals surface area contributed by atoms with E-state index >= 15 is 0 Å². The van der Waals surface area contributed by atoms with Crippen LogP contribution in [0.25, 0.3) is 11.0 Å². The molecule has 0 spiro atoms. The van der Waals surface area contributed by atoms with Gasteiger partial charge >= 0.3 is 6.18 Å². The summed E-state index contributed by atoms with van der Waals surface area (Å²) in [5.74, 6) is -1.03. The zero-order valence-corrected chi connectivity index (χ0v) is 19.2. The first kappa shape index (κ1) is 24.6. The predicted molar refractivity (Wildman–Crippen MR) is 120 cm³/mol. The van der Waals surface area contributed by atoms with E-state index in [1.165, 1.54) is 26.0 Å². The number of rotatable bonds is 5. The first-order valence-electron chi connectivity index (χ1n) is 10.8. The van der Waals surface area contributed by atoms with E-state index in [4.69, 9.17) is 4.74 Å². The Morgan fingerprint density at radius 1 is 1.29 bits per heavy atom. The lowest BCUT2D eigenvalue weighted by Crippen LogP contribution is -2.30. The van der Waals surface area contributed by atoms with E-state index in [-0.39, 0.29) is 45.7 Å². The number of H-pyrrole nitrogens is 1. The van der Waals surface area contributed by atoms with Crippen molar-refractivity contribution in [3.05, 3.63) is 63.1 Å². The minimum absolute atomic E-state index is 0.0738. The van der Waals surface area contributed by atoms with Gasteiger partial charge in [-0.15, -0.1) is 0 Å². The van der Waals surface area contributed by atoms with E-state index in [9.17, 15) is 27.2 Å². The average molecular weight is 493 g/mol.